The van der Waals surface area contributed by atoms with E-state index in [0.29, 0.717) is 29.0 Å². The summed E-state index contributed by atoms with van der Waals surface area (Å²) in [5, 5.41) is 10.0. The molecular weight excluding hydrogens is 260 g/mol. The number of carbonyl (C=O) groups excluding carboxylic acids is 1. The zero-order valence-electron chi connectivity index (χ0n) is 13.4. The van der Waals surface area contributed by atoms with Gasteiger partial charge in [-0.1, -0.05) is 25.5 Å². The van der Waals surface area contributed by atoms with Crippen molar-refractivity contribution < 1.29 is 9.90 Å². The fourth-order valence-electron chi connectivity index (χ4n) is 6.27. The van der Waals surface area contributed by atoms with Crippen molar-refractivity contribution in [3.63, 3.8) is 0 Å². The molecule has 0 heterocycles. The third-order valence-electron chi connectivity index (χ3n) is 7.76. The van der Waals surface area contributed by atoms with Gasteiger partial charge in [0.1, 0.15) is 5.78 Å². The highest BCUT2D eigenvalue weighted by Crippen LogP contribution is 2.63. The molecule has 0 bridgehead atoms. The Labute approximate surface area is 128 Å². The van der Waals surface area contributed by atoms with Gasteiger partial charge in [0, 0.05) is 11.8 Å². The molecule has 3 saturated carbocycles. The minimum Gasteiger partial charge on any atom is -0.393 e. The van der Waals surface area contributed by atoms with Gasteiger partial charge in [0.25, 0.3) is 0 Å². The summed E-state index contributed by atoms with van der Waals surface area (Å²) in [4.78, 5) is 12.4. The summed E-state index contributed by atoms with van der Waals surface area (Å²) in [5.41, 5.74) is 1.94. The predicted molar refractivity (Wildman–Crippen MR) is 82.7 cm³/mol. The first-order chi connectivity index (χ1) is 9.95. The molecule has 0 amide bonds. The van der Waals surface area contributed by atoms with E-state index in [-0.39, 0.29) is 11.5 Å². The van der Waals surface area contributed by atoms with Crippen LogP contribution in [0.4, 0.5) is 0 Å². The van der Waals surface area contributed by atoms with Crippen molar-refractivity contribution in [2.75, 3.05) is 0 Å². The van der Waals surface area contributed by atoms with Crippen LogP contribution >= 0.6 is 0 Å². The Morgan fingerprint density at radius 2 is 1.95 bits per heavy atom. The van der Waals surface area contributed by atoms with Crippen molar-refractivity contribution in [1.82, 2.24) is 0 Å². The van der Waals surface area contributed by atoms with E-state index in [4.69, 9.17) is 0 Å². The topological polar surface area (TPSA) is 37.3 Å². The minimum absolute atomic E-state index is 0.0558. The molecule has 4 aliphatic carbocycles. The molecule has 116 valence electrons. The average Bonchev–Trinajstić information content (AvgIpc) is 2.76. The number of aliphatic hydroxyl groups is 1. The molecule has 0 radical (unpaired) electrons. The number of ketones is 1. The summed E-state index contributed by atoms with van der Waals surface area (Å²) in [5.74, 6) is 2.36. The second kappa shape index (κ2) is 4.44. The first kappa shape index (κ1) is 14.0. The van der Waals surface area contributed by atoms with Crippen LogP contribution in [-0.4, -0.2) is 17.0 Å². The van der Waals surface area contributed by atoms with Crippen LogP contribution in [0.3, 0.4) is 0 Å². The highest BCUT2D eigenvalue weighted by Gasteiger charge is 2.57. The second-order valence-electron chi connectivity index (χ2n) is 8.59. The van der Waals surface area contributed by atoms with Crippen molar-refractivity contribution in [3.05, 3.63) is 11.6 Å². The zero-order valence-corrected chi connectivity index (χ0v) is 13.4. The van der Waals surface area contributed by atoms with E-state index in [1.165, 1.54) is 6.42 Å². The Balaban J connectivity index is 1.70. The van der Waals surface area contributed by atoms with Crippen LogP contribution < -0.4 is 0 Å². The van der Waals surface area contributed by atoms with Gasteiger partial charge in [-0.2, -0.15) is 0 Å². The molecule has 3 fully saturated rings. The van der Waals surface area contributed by atoms with Crippen molar-refractivity contribution in [2.24, 2.45) is 28.6 Å². The summed E-state index contributed by atoms with van der Waals surface area (Å²) in [7, 11) is 0. The van der Waals surface area contributed by atoms with Crippen molar-refractivity contribution in [3.8, 4) is 0 Å². The number of fused-ring (bicyclic) bond motifs is 5. The highest BCUT2D eigenvalue weighted by atomic mass is 16.3. The third-order valence-corrected chi connectivity index (χ3v) is 7.76. The quantitative estimate of drug-likeness (QED) is 0.687. The maximum atomic E-state index is 12.4. The lowest BCUT2D eigenvalue weighted by atomic mass is 9.48. The Hall–Kier alpha value is -0.630. The molecule has 4 aliphatic rings. The Bertz CT molecular complexity index is 508. The zero-order chi connectivity index (χ0) is 14.8. The number of hydrogen-bond acceptors (Lipinski definition) is 2. The van der Waals surface area contributed by atoms with Gasteiger partial charge in [-0.25, -0.2) is 0 Å². The lowest BCUT2D eigenvalue weighted by Crippen LogP contribution is -2.49. The molecular formula is C19H28O2. The summed E-state index contributed by atoms with van der Waals surface area (Å²) < 4.78 is 0. The molecule has 2 unspecified atom stereocenters. The lowest BCUT2D eigenvalue weighted by molar-refractivity contribution is -0.128. The molecule has 21 heavy (non-hydrogen) atoms. The first-order valence-electron chi connectivity index (χ1n) is 8.86. The van der Waals surface area contributed by atoms with Gasteiger partial charge in [0.15, 0.2) is 0 Å². The van der Waals surface area contributed by atoms with Crippen LogP contribution in [-0.2, 0) is 4.79 Å². The van der Waals surface area contributed by atoms with Gasteiger partial charge in [-0.15, -0.1) is 0 Å². The molecule has 0 aliphatic heterocycles. The summed E-state index contributed by atoms with van der Waals surface area (Å²) in [6.07, 6.45) is 10.8. The largest absolute Gasteiger partial charge is 0.393 e. The van der Waals surface area contributed by atoms with Crippen LogP contribution in [0.5, 0.6) is 0 Å². The predicted octanol–water partition coefficient (Wildman–Crippen LogP) is 3.88. The van der Waals surface area contributed by atoms with Gasteiger partial charge < -0.3 is 5.11 Å². The average molecular weight is 288 g/mol. The van der Waals surface area contributed by atoms with Gasteiger partial charge in [-0.3, -0.25) is 4.79 Å². The van der Waals surface area contributed by atoms with E-state index in [0.717, 1.165) is 44.9 Å². The highest BCUT2D eigenvalue weighted by molar-refractivity contribution is 5.87. The maximum Gasteiger partial charge on any atom is 0.139 e. The molecule has 1 N–H and O–H groups in total. The van der Waals surface area contributed by atoms with Crippen LogP contribution in [0.25, 0.3) is 0 Å². The maximum absolute atomic E-state index is 12.4. The molecule has 4 rings (SSSR count). The number of allylic oxidation sites excluding steroid dienone is 2. The number of hydrogen-bond donors (Lipinski definition) is 1. The Morgan fingerprint density at radius 3 is 2.76 bits per heavy atom. The molecule has 0 aromatic heterocycles. The first-order valence-corrected chi connectivity index (χ1v) is 8.86. The standard InChI is InChI=1S/C19H28O2/c1-18-9-7-13(20)11-12(18)3-4-14-15-5-6-17(21)19(15,2)10-8-16(14)18/h4,12-13,15-16,20H,3,5-11H2,1-2H3/t12?,13?,15-,16-,18-,19-/m0/s1. The van der Waals surface area contributed by atoms with Crippen LogP contribution in [0, 0.1) is 28.6 Å². The number of aliphatic hydroxyl groups excluding tert-OH is 1. The summed E-state index contributed by atoms with van der Waals surface area (Å²) >= 11 is 0. The monoisotopic (exact) mass is 288 g/mol. The van der Waals surface area contributed by atoms with Crippen LogP contribution in [0.2, 0.25) is 0 Å². The number of Topliss-reactive ketones (excluding diaryl/α,β-unsaturated/α-hetero) is 1. The summed E-state index contributed by atoms with van der Waals surface area (Å²) in [6, 6.07) is 0. The Morgan fingerprint density at radius 1 is 1.14 bits per heavy atom. The number of carbonyl (C=O) groups is 1. The summed E-state index contributed by atoms with van der Waals surface area (Å²) in [6.45, 7) is 4.70. The minimum atomic E-state index is -0.0834. The molecule has 0 spiro atoms. The van der Waals surface area contributed by atoms with E-state index >= 15 is 0 Å². The van der Waals surface area contributed by atoms with Gasteiger partial charge in [-0.05, 0) is 68.1 Å². The van der Waals surface area contributed by atoms with Crippen LogP contribution in [0.15, 0.2) is 11.6 Å². The van der Waals surface area contributed by atoms with Gasteiger partial charge in [0.2, 0.25) is 0 Å². The smallest absolute Gasteiger partial charge is 0.139 e. The fourth-order valence-corrected chi connectivity index (χ4v) is 6.27. The van der Waals surface area contributed by atoms with Crippen LogP contribution in [0.1, 0.15) is 65.2 Å². The van der Waals surface area contributed by atoms with Crippen molar-refractivity contribution >= 4 is 5.78 Å². The molecule has 0 saturated heterocycles. The van der Waals surface area contributed by atoms with E-state index in [9.17, 15) is 9.90 Å². The third kappa shape index (κ3) is 1.78. The lowest BCUT2D eigenvalue weighted by Gasteiger charge is -2.56. The van der Waals surface area contributed by atoms with E-state index in [2.05, 4.69) is 19.9 Å². The van der Waals surface area contributed by atoms with Gasteiger partial charge in [0.05, 0.1) is 6.10 Å². The SMILES string of the molecule is C[C@]12CCC(O)CC1CC=C1[C@@H]2CC[C@]2(C)C(=O)CC[C@@H]12. The van der Waals surface area contributed by atoms with E-state index < -0.39 is 0 Å². The van der Waals surface area contributed by atoms with E-state index in [1.807, 2.05) is 0 Å². The Kier molecular flexibility index (Phi) is 2.96. The molecule has 2 nitrogen and oxygen atoms in total. The van der Waals surface area contributed by atoms with Crippen molar-refractivity contribution in [1.29, 1.82) is 0 Å². The van der Waals surface area contributed by atoms with Gasteiger partial charge >= 0.3 is 0 Å². The van der Waals surface area contributed by atoms with Crippen molar-refractivity contribution in [2.45, 2.75) is 71.3 Å². The normalized spacial score (nSPS) is 52.7. The molecule has 0 aromatic rings. The van der Waals surface area contributed by atoms with E-state index in [1.54, 1.807) is 5.57 Å². The molecule has 0 aromatic carbocycles. The fraction of sp³-hybridized carbons (Fsp3) is 0.842. The number of rotatable bonds is 0. The molecule has 6 atom stereocenters. The molecule has 2 heteroatoms. The second-order valence-corrected chi connectivity index (χ2v) is 8.59.